The van der Waals surface area contributed by atoms with Gasteiger partial charge >= 0.3 is 0 Å². The number of oxazole rings is 1. The second-order valence-corrected chi connectivity index (χ2v) is 11.8. The lowest BCUT2D eigenvalue weighted by Gasteiger charge is -2.25. The van der Waals surface area contributed by atoms with E-state index in [1.54, 1.807) is 0 Å². The molecule has 0 amide bonds. The first-order valence-corrected chi connectivity index (χ1v) is 15.8. The lowest BCUT2D eigenvalue weighted by atomic mass is 10.0. The minimum atomic E-state index is 0.536. The maximum absolute atomic E-state index is 6.48. The van der Waals surface area contributed by atoms with Gasteiger partial charge in [-0.2, -0.15) is 0 Å². The summed E-state index contributed by atoms with van der Waals surface area (Å²) in [5, 5.41) is 3.04. The molecule has 48 heavy (non-hydrogen) atoms. The molecule has 0 atom stereocenters. The lowest BCUT2D eigenvalue weighted by Crippen LogP contribution is -2.10. The Morgan fingerprint density at radius 1 is 0.458 bits per heavy atom. The summed E-state index contributed by atoms with van der Waals surface area (Å²) in [7, 11) is 0. The summed E-state index contributed by atoms with van der Waals surface area (Å²) in [5.41, 5.74) is 11.2. The fraction of sp³-hybridized carbons (Fsp3) is 0. The number of benzene rings is 6. The van der Waals surface area contributed by atoms with Crippen LogP contribution < -0.4 is 4.90 Å². The minimum Gasteiger partial charge on any atom is -0.456 e. The summed E-state index contributed by atoms with van der Waals surface area (Å²) in [6, 6.07) is 49.2. The Balaban J connectivity index is 1.16. The van der Waals surface area contributed by atoms with Crippen molar-refractivity contribution in [1.29, 1.82) is 0 Å². The number of rotatable bonds is 5. The van der Waals surface area contributed by atoms with Crippen molar-refractivity contribution in [1.82, 2.24) is 9.97 Å². The molecule has 0 bridgehead atoms. The maximum Gasteiger partial charge on any atom is 0.228 e. The predicted octanol–water partition coefficient (Wildman–Crippen LogP) is 11.8. The van der Waals surface area contributed by atoms with Gasteiger partial charge in [0.25, 0.3) is 0 Å². The number of anilines is 3. The van der Waals surface area contributed by atoms with Crippen LogP contribution in [0.15, 0.2) is 165 Å². The van der Waals surface area contributed by atoms with E-state index in [9.17, 15) is 0 Å². The van der Waals surface area contributed by atoms with Crippen LogP contribution in [-0.4, -0.2) is 9.97 Å². The van der Waals surface area contributed by atoms with E-state index >= 15 is 0 Å². The molecule has 10 aromatic rings. The first-order chi connectivity index (χ1) is 23.8. The van der Waals surface area contributed by atoms with Gasteiger partial charge in [0.1, 0.15) is 27.8 Å². The Morgan fingerprint density at radius 2 is 1.17 bits per heavy atom. The van der Waals surface area contributed by atoms with E-state index in [0.29, 0.717) is 11.5 Å². The van der Waals surface area contributed by atoms with Gasteiger partial charge in [-0.1, -0.05) is 78.9 Å². The molecule has 0 aliphatic carbocycles. The van der Waals surface area contributed by atoms with Crippen molar-refractivity contribution in [3.8, 4) is 22.6 Å². The summed E-state index contributed by atoms with van der Waals surface area (Å²) in [6.07, 6.45) is 1.90. The monoisotopic (exact) mass is 619 g/mol. The summed E-state index contributed by atoms with van der Waals surface area (Å²) in [5.74, 6) is 0.536. The number of pyridine rings is 1. The van der Waals surface area contributed by atoms with Crippen LogP contribution in [0.5, 0.6) is 0 Å². The highest BCUT2D eigenvalue weighted by atomic mass is 16.4. The summed E-state index contributed by atoms with van der Waals surface area (Å²) in [4.78, 5) is 12.0. The van der Waals surface area contributed by atoms with E-state index in [1.165, 1.54) is 0 Å². The molecule has 6 heteroatoms. The predicted molar refractivity (Wildman–Crippen MR) is 192 cm³/mol. The van der Waals surface area contributed by atoms with E-state index in [-0.39, 0.29) is 0 Å². The zero-order valence-electron chi connectivity index (χ0n) is 25.5. The molecule has 4 heterocycles. The fourth-order valence-corrected chi connectivity index (χ4v) is 6.72. The van der Waals surface area contributed by atoms with Crippen LogP contribution in [0.3, 0.4) is 0 Å². The van der Waals surface area contributed by atoms with Crippen LogP contribution in [0.1, 0.15) is 0 Å². The van der Waals surface area contributed by atoms with Gasteiger partial charge in [0.15, 0.2) is 11.2 Å². The third-order valence-corrected chi connectivity index (χ3v) is 8.94. The second kappa shape index (κ2) is 10.4. The van der Waals surface area contributed by atoms with Gasteiger partial charge in [-0.05, 0) is 65.7 Å². The largest absolute Gasteiger partial charge is 0.456 e. The van der Waals surface area contributed by atoms with Gasteiger partial charge in [0.05, 0.1) is 22.8 Å². The molecule has 6 aromatic carbocycles. The number of aromatic nitrogens is 2. The zero-order chi connectivity index (χ0) is 31.6. The number of hydrogen-bond donors (Lipinski definition) is 0. The molecule has 0 saturated carbocycles. The molecule has 10 rings (SSSR count). The molecule has 0 fully saturated rings. The smallest absolute Gasteiger partial charge is 0.228 e. The molecule has 0 radical (unpaired) electrons. The zero-order valence-corrected chi connectivity index (χ0v) is 25.5. The number of furan rings is 2. The Hall–Kier alpha value is -6.66. The van der Waals surface area contributed by atoms with E-state index in [0.717, 1.165) is 83.3 Å². The Labute approximate surface area is 274 Å². The van der Waals surface area contributed by atoms with Crippen molar-refractivity contribution in [2.75, 3.05) is 4.90 Å². The molecular formula is C42H25N3O3. The average molecular weight is 620 g/mol. The highest BCUT2D eigenvalue weighted by Gasteiger charge is 2.21. The van der Waals surface area contributed by atoms with E-state index in [4.69, 9.17) is 23.2 Å². The maximum atomic E-state index is 6.48. The molecule has 6 nitrogen and oxygen atoms in total. The number of nitrogens with zero attached hydrogens (tertiary/aromatic N) is 3. The quantitative estimate of drug-likeness (QED) is 0.191. The number of hydrogen-bond acceptors (Lipinski definition) is 6. The lowest BCUT2D eigenvalue weighted by molar-refractivity contribution is 0.620. The van der Waals surface area contributed by atoms with Crippen LogP contribution in [0, 0.1) is 0 Å². The number of para-hydroxylation sites is 3. The van der Waals surface area contributed by atoms with E-state index in [1.807, 2.05) is 72.9 Å². The first kappa shape index (κ1) is 26.5. The highest BCUT2D eigenvalue weighted by molar-refractivity contribution is 6.11. The molecule has 4 aromatic heterocycles. The van der Waals surface area contributed by atoms with Crippen LogP contribution in [0.4, 0.5) is 17.1 Å². The van der Waals surface area contributed by atoms with E-state index < -0.39 is 0 Å². The van der Waals surface area contributed by atoms with Crippen LogP contribution in [0.2, 0.25) is 0 Å². The SMILES string of the molecule is c1ccc(-c2cccc(N(c3ccc4c(c3)oc3ccccc34)c3cnc4c(c3)oc3cccc(-c5nc6ccccc6o5)c34)c2)cc1. The molecule has 0 saturated heterocycles. The Morgan fingerprint density at radius 3 is 2.08 bits per heavy atom. The van der Waals surface area contributed by atoms with Crippen LogP contribution >= 0.6 is 0 Å². The topological polar surface area (TPSA) is 68.4 Å². The summed E-state index contributed by atoms with van der Waals surface area (Å²) >= 11 is 0. The molecular weight excluding hydrogens is 594 g/mol. The van der Waals surface area contributed by atoms with Crippen molar-refractivity contribution >= 4 is 72.2 Å². The van der Waals surface area contributed by atoms with Gasteiger partial charge in [-0.15, -0.1) is 0 Å². The molecule has 0 spiro atoms. The third-order valence-electron chi connectivity index (χ3n) is 8.94. The molecule has 226 valence electrons. The van der Waals surface area contributed by atoms with Gasteiger partial charge in [0, 0.05) is 34.3 Å². The minimum absolute atomic E-state index is 0.536. The molecule has 0 aliphatic heterocycles. The number of fused-ring (bicyclic) bond motifs is 7. The first-order valence-electron chi connectivity index (χ1n) is 15.8. The van der Waals surface area contributed by atoms with Gasteiger partial charge in [-0.3, -0.25) is 0 Å². The van der Waals surface area contributed by atoms with Crippen molar-refractivity contribution in [2.45, 2.75) is 0 Å². The van der Waals surface area contributed by atoms with Crippen molar-refractivity contribution in [3.05, 3.63) is 152 Å². The molecule has 0 N–H and O–H groups in total. The highest BCUT2D eigenvalue weighted by Crippen LogP contribution is 2.42. The van der Waals surface area contributed by atoms with Gasteiger partial charge < -0.3 is 18.2 Å². The fourth-order valence-electron chi connectivity index (χ4n) is 6.72. The summed E-state index contributed by atoms with van der Waals surface area (Å²) < 4.78 is 19.0. The average Bonchev–Trinajstić information content (AvgIpc) is 3.85. The Bertz CT molecular complexity index is 2780. The van der Waals surface area contributed by atoms with Crippen molar-refractivity contribution in [2.24, 2.45) is 0 Å². The van der Waals surface area contributed by atoms with Crippen molar-refractivity contribution < 1.29 is 13.3 Å². The molecule has 0 aliphatic rings. The van der Waals surface area contributed by atoms with Crippen LogP contribution in [-0.2, 0) is 0 Å². The Kier molecular flexibility index (Phi) is 5.77. The summed E-state index contributed by atoms with van der Waals surface area (Å²) in [6.45, 7) is 0. The van der Waals surface area contributed by atoms with Crippen LogP contribution in [0.25, 0.3) is 77.7 Å². The standard InChI is InChI=1S/C42H25N3O3/c1-2-10-26(11-3-1)27-12-8-13-28(22-27)45(29-20-21-32-31-14-4-6-17-35(31)46-38(32)23-29)30-24-39-41(43-25-30)40-33(15-9-19-37(40)47-39)42-44-34-16-5-7-18-36(34)48-42/h1-25H. The molecule has 0 unspecified atom stereocenters. The van der Waals surface area contributed by atoms with Gasteiger partial charge in [-0.25, -0.2) is 9.97 Å². The second-order valence-electron chi connectivity index (χ2n) is 11.8. The van der Waals surface area contributed by atoms with Crippen molar-refractivity contribution in [3.63, 3.8) is 0 Å². The van der Waals surface area contributed by atoms with E-state index in [2.05, 4.69) is 83.8 Å². The normalized spacial score (nSPS) is 11.8. The third kappa shape index (κ3) is 4.20. The van der Waals surface area contributed by atoms with Gasteiger partial charge in [0.2, 0.25) is 5.89 Å².